The highest BCUT2D eigenvalue weighted by Crippen LogP contribution is 2.24. The molecule has 0 aliphatic carbocycles. The number of benzene rings is 1. The number of hydrogen-bond donors (Lipinski definition) is 1. The molecule has 1 saturated heterocycles. The molecule has 7 heteroatoms. The fourth-order valence-electron chi connectivity index (χ4n) is 2.67. The lowest BCUT2D eigenvalue weighted by Gasteiger charge is -2.16. The maximum Gasteiger partial charge on any atom is 0.231 e. The van der Waals surface area contributed by atoms with Crippen LogP contribution in [-0.2, 0) is 16.1 Å². The van der Waals surface area contributed by atoms with Gasteiger partial charge in [0.1, 0.15) is 5.75 Å². The Hall–Kier alpha value is -2.41. The number of ether oxygens (including phenoxy) is 1. The summed E-state index contributed by atoms with van der Waals surface area (Å²) in [7, 11) is 1.62. The normalized spacial score (nSPS) is 17.2. The molecule has 2 amide bonds. The molecule has 3 rings (SSSR count). The zero-order valence-corrected chi connectivity index (χ0v) is 14.4. The van der Waals surface area contributed by atoms with Crippen LogP contribution in [0.15, 0.2) is 30.5 Å². The van der Waals surface area contributed by atoms with E-state index in [4.69, 9.17) is 4.74 Å². The van der Waals surface area contributed by atoms with Crippen LogP contribution in [0.3, 0.4) is 0 Å². The number of anilines is 1. The molecule has 1 fully saturated rings. The van der Waals surface area contributed by atoms with E-state index in [-0.39, 0.29) is 24.2 Å². The second-order valence-corrected chi connectivity index (χ2v) is 7.02. The van der Waals surface area contributed by atoms with E-state index < -0.39 is 0 Å². The molecule has 6 nitrogen and oxygen atoms in total. The Morgan fingerprint density at radius 2 is 2.17 bits per heavy atom. The highest BCUT2D eigenvalue weighted by Gasteiger charge is 2.34. The van der Waals surface area contributed by atoms with Crippen LogP contribution in [0, 0.1) is 12.8 Å². The molecule has 0 saturated carbocycles. The summed E-state index contributed by atoms with van der Waals surface area (Å²) in [5, 5.41) is 3.38. The molecule has 1 aliphatic heterocycles. The third kappa shape index (κ3) is 3.73. The molecular weight excluding hydrogens is 326 g/mol. The highest BCUT2D eigenvalue weighted by molar-refractivity contribution is 7.15. The smallest absolute Gasteiger partial charge is 0.231 e. The van der Waals surface area contributed by atoms with Gasteiger partial charge in [-0.2, -0.15) is 0 Å². The number of aryl methyl sites for hydroxylation is 1. The SMILES string of the molecule is COc1ccc(CN2C[C@@H](C(=O)Nc3ncc(C)s3)CC2=O)cc1. The largest absolute Gasteiger partial charge is 0.497 e. The lowest BCUT2D eigenvalue weighted by atomic mass is 10.1. The number of carbonyl (C=O) groups is 2. The molecule has 2 aromatic rings. The minimum absolute atomic E-state index is 0.00119. The predicted molar refractivity (Wildman–Crippen MR) is 92.0 cm³/mol. The molecule has 1 aromatic carbocycles. The van der Waals surface area contributed by atoms with Gasteiger partial charge >= 0.3 is 0 Å². The van der Waals surface area contributed by atoms with E-state index in [9.17, 15) is 9.59 Å². The molecule has 0 unspecified atom stereocenters. The number of nitrogens with zero attached hydrogens (tertiary/aromatic N) is 2. The molecule has 1 atom stereocenters. The van der Waals surface area contributed by atoms with Crippen LogP contribution in [0.4, 0.5) is 5.13 Å². The Balaban J connectivity index is 1.59. The minimum atomic E-state index is -0.333. The van der Waals surface area contributed by atoms with E-state index in [1.54, 1.807) is 18.2 Å². The molecule has 1 aliphatic rings. The molecule has 24 heavy (non-hydrogen) atoms. The van der Waals surface area contributed by atoms with Crippen molar-refractivity contribution in [1.82, 2.24) is 9.88 Å². The summed E-state index contributed by atoms with van der Waals surface area (Å²) in [5.41, 5.74) is 1.01. The van der Waals surface area contributed by atoms with E-state index in [0.717, 1.165) is 16.2 Å². The molecule has 0 radical (unpaired) electrons. The van der Waals surface area contributed by atoms with Crippen molar-refractivity contribution in [2.24, 2.45) is 5.92 Å². The summed E-state index contributed by atoms with van der Waals surface area (Å²) in [6.45, 7) is 2.87. The van der Waals surface area contributed by atoms with Gasteiger partial charge in [0.05, 0.1) is 13.0 Å². The van der Waals surface area contributed by atoms with Gasteiger partial charge in [-0.3, -0.25) is 9.59 Å². The average Bonchev–Trinajstić information content (AvgIpc) is 3.14. The van der Waals surface area contributed by atoms with Crippen LogP contribution in [0.25, 0.3) is 0 Å². The Labute approximate surface area is 144 Å². The zero-order chi connectivity index (χ0) is 17.1. The first kappa shape index (κ1) is 16.4. The number of amides is 2. The van der Waals surface area contributed by atoms with Gasteiger partial charge in [-0.25, -0.2) is 4.98 Å². The summed E-state index contributed by atoms with van der Waals surface area (Å²) in [5.74, 6) is 0.304. The van der Waals surface area contributed by atoms with Crippen molar-refractivity contribution in [2.45, 2.75) is 19.9 Å². The van der Waals surface area contributed by atoms with Crippen molar-refractivity contribution in [3.8, 4) is 5.75 Å². The van der Waals surface area contributed by atoms with E-state index in [2.05, 4.69) is 10.3 Å². The lowest BCUT2D eigenvalue weighted by molar-refractivity contribution is -0.128. The quantitative estimate of drug-likeness (QED) is 0.903. The molecule has 0 bridgehead atoms. The van der Waals surface area contributed by atoms with Crippen molar-refractivity contribution in [1.29, 1.82) is 0 Å². The van der Waals surface area contributed by atoms with Crippen molar-refractivity contribution in [3.63, 3.8) is 0 Å². The number of aromatic nitrogens is 1. The molecular formula is C17H19N3O3S. The number of nitrogens with one attached hydrogen (secondary N) is 1. The van der Waals surface area contributed by atoms with Gasteiger partial charge in [0.15, 0.2) is 5.13 Å². The standard InChI is InChI=1S/C17H19N3O3S/c1-11-8-18-17(24-11)19-16(22)13-7-15(21)20(10-13)9-12-3-5-14(23-2)6-4-12/h3-6,8,13H,7,9-10H2,1-2H3,(H,18,19,22)/t13-/m0/s1. The van der Waals surface area contributed by atoms with E-state index >= 15 is 0 Å². The average molecular weight is 345 g/mol. The van der Waals surface area contributed by atoms with Crippen LogP contribution >= 0.6 is 11.3 Å². The highest BCUT2D eigenvalue weighted by atomic mass is 32.1. The van der Waals surface area contributed by atoms with Gasteiger partial charge in [0.2, 0.25) is 11.8 Å². The number of rotatable bonds is 5. The van der Waals surface area contributed by atoms with Crippen LogP contribution in [0.1, 0.15) is 16.9 Å². The van der Waals surface area contributed by atoms with Gasteiger partial charge in [-0.15, -0.1) is 11.3 Å². The van der Waals surface area contributed by atoms with E-state index in [1.807, 2.05) is 31.2 Å². The number of likely N-dealkylation sites (tertiary alicyclic amines) is 1. The third-order valence-electron chi connectivity index (χ3n) is 3.97. The Kier molecular flexibility index (Phi) is 4.80. The van der Waals surface area contributed by atoms with E-state index in [0.29, 0.717) is 18.2 Å². The summed E-state index contributed by atoms with van der Waals surface area (Å²) in [6, 6.07) is 7.59. The Bertz CT molecular complexity index is 742. The van der Waals surface area contributed by atoms with Gasteiger partial charge < -0.3 is 15.0 Å². The van der Waals surface area contributed by atoms with Crippen molar-refractivity contribution < 1.29 is 14.3 Å². The van der Waals surface area contributed by atoms with Crippen LogP contribution < -0.4 is 10.1 Å². The Morgan fingerprint density at radius 3 is 2.79 bits per heavy atom. The number of hydrogen-bond acceptors (Lipinski definition) is 5. The van der Waals surface area contributed by atoms with Crippen LogP contribution in [0.2, 0.25) is 0 Å². The van der Waals surface area contributed by atoms with Gasteiger partial charge in [-0.05, 0) is 24.6 Å². The summed E-state index contributed by atoms with van der Waals surface area (Å²) in [6.07, 6.45) is 1.96. The van der Waals surface area contributed by atoms with Gasteiger partial charge in [-0.1, -0.05) is 12.1 Å². The first-order valence-electron chi connectivity index (χ1n) is 7.69. The fourth-order valence-corrected chi connectivity index (χ4v) is 3.34. The fraction of sp³-hybridized carbons (Fsp3) is 0.353. The molecule has 126 valence electrons. The lowest BCUT2D eigenvalue weighted by Crippen LogP contribution is -2.28. The van der Waals surface area contributed by atoms with Gasteiger partial charge in [0, 0.05) is 30.6 Å². The molecule has 1 aromatic heterocycles. The monoisotopic (exact) mass is 345 g/mol. The Morgan fingerprint density at radius 1 is 1.42 bits per heavy atom. The summed E-state index contributed by atoms with van der Waals surface area (Å²) >= 11 is 1.43. The molecule has 2 heterocycles. The maximum absolute atomic E-state index is 12.3. The van der Waals surface area contributed by atoms with Gasteiger partial charge in [0.25, 0.3) is 0 Å². The number of thiazole rings is 1. The molecule has 0 spiro atoms. The minimum Gasteiger partial charge on any atom is -0.497 e. The summed E-state index contributed by atoms with van der Waals surface area (Å²) in [4.78, 5) is 31.4. The second-order valence-electron chi connectivity index (χ2n) is 5.79. The number of methoxy groups -OCH3 is 1. The molecule has 1 N–H and O–H groups in total. The summed E-state index contributed by atoms with van der Waals surface area (Å²) < 4.78 is 5.13. The first-order valence-corrected chi connectivity index (χ1v) is 8.51. The predicted octanol–water partition coefficient (Wildman–Crippen LogP) is 2.45. The maximum atomic E-state index is 12.3. The van der Waals surface area contributed by atoms with Crippen molar-refractivity contribution >= 4 is 28.3 Å². The van der Waals surface area contributed by atoms with Crippen LogP contribution in [-0.4, -0.2) is 35.4 Å². The number of carbonyl (C=O) groups excluding carboxylic acids is 2. The zero-order valence-electron chi connectivity index (χ0n) is 13.6. The topological polar surface area (TPSA) is 71.5 Å². The first-order chi connectivity index (χ1) is 11.5. The van der Waals surface area contributed by atoms with E-state index in [1.165, 1.54) is 11.3 Å². The van der Waals surface area contributed by atoms with Crippen molar-refractivity contribution in [3.05, 3.63) is 40.9 Å². The second kappa shape index (κ2) is 7.00. The third-order valence-corrected chi connectivity index (χ3v) is 4.80. The van der Waals surface area contributed by atoms with Crippen LogP contribution in [0.5, 0.6) is 5.75 Å². The van der Waals surface area contributed by atoms with Crippen molar-refractivity contribution in [2.75, 3.05) is 19.0 Å².